The van der Waals surface area contributed by atoms with E-state index in [1.807, 2.05) is 26.2 Å². The van der Waals surface area contributed by atoms with E-state index >= 15 is 0 Å². The molecule has 0 fully saturated rings. The molecule has 1 amide bonds. The highest BCUT2D eigenvalue weighted by molar-refractivity contribution is 6.30. The molecule has 2 heterocycles. The summed E-state index contributed by atoms with van der Waals surface area (Å²) in [4.78, 5) is 27.5. The van der Waals surface area contributed by atoms with Crippen molar-refractivity contribution in [1.29, 1.82) is 0 Å². The van der Waals surface area contributed by atoms with Crippen LogP contribution in [0.4, 0.5) is 11.4 Å². The average molecular weight is 472 g/mol. The van der Waals surface area contributed by atoms with Crippen LogP contribution in [0.1, 0.15) is 12.0 Å². The summed E-state index contributed by atoms with van der Waals surface area (Å²) in [6.45, 7) is 1.39. The summed E-state index contributed by atoms with van der Waals surface area (Å²) in [5, 5.41) is 7.05. The Morgan fingerprint density at radius 3 is 2.85 bits per heavy atom. The zero-order valence-corrected chi connectivity index (χ0v) is 19.5. The molecule has 3 aromatic rings. The van der Waals surface area contributed by atoms with Gasteiger partial charge in [0.05, 0.1) is 13.7 Å². The van der Waals surface area contributed by atoms with E-state index in [0.29, 0.717) is 34.9 Å². The molecule has 0 bridgehead atoms. The number of ether oxygens (including phenoxy) is 2. The van der Waals surface area contributed by atoms with Gasteiger partial charge in [-0.15, -0.1) is 0 Å². The van der Waals surface area contributed by atoms with Crippen LogP contribution in [0.2, 0.25) is 5.02 Å². The Kier molecular flexibility index (Phi) is 6.76. The molecule has 1 unspecified atom stereocenters. The average Bonchev–Trinajstić information content (AvgIpc) is 3.20. The zero-order chi connectivity index (χ0) is 23.5. The molecule has 2 N–H and O–H groups in total. The van der Waals surface area contributed by atoms with E-state index in [4.69, 9.17) is 25.5 Å². The summed E-state index contributed by atoms with van der Waals surface area (Å²) >= 11 is 6.04. The molecular weight excluding hydrogens is 446 g/mol. The summed E-state index contributed by atoms with van der Waals surface area (Å²) in [6, 6.07) is 10.0. The van der Waals surface area contributed by atoms with Gasteiger partial charge >= 0.3 is 5.63 Å². The molecule has 0 radical (unpaired) electrons. The summed E-state index contributed by atoms with van der Waals surface area (Å²) in [5.74, 6) is 0.508. The summed E-state index contributed by atoms with van der Waals surface area (Å²) in [6.07, 6.45) is 1.32. The molecule has 4 rings (SSSR count). The maximum Gasteiger partial charge on any atom is 0.360 e. The second kappa shape index (κ2) is 9.72. The van der Waals surface area contributed by atoms with Crippen LogP contribution in [-0.4, -0.2) is 51.2 Å². The number of nitrogens with one attached hydrogen (secondary N) is 2. The van der Waals surface area contributed by atoms with Crippen LogP contribution >= 0.6 is 11.6 Å². The Labute approximate surface area is 196 Å². The normalized spacial score (nSPS) is 14.8. The summed E-state index contributed by atoms with van der Waals surface area (Å²) in [5.41, 5.74) is 1.47. The van der Waals surface area contributed by atoms with Crippen molar-refractivity contribution in [1.82, 2.24) is 4.90 Å². The predicted molar refractivity (Wildman–Crippen MR) is 129 cm³/mol. The van der Waals surface area contributed by atoms with E-state index in [-0.39, 0.29) is 17.2 Å². The topological polar surface area (TPSA) is 93.0 Å². The lowest BCUT2D eigenvalue weighted by Crippen LogP contribution is -2.34. The number of benzene rings is 2. The van der Waals surface area contributed by atoms with Gasteiger partial charge in [0, 0.05) is 29.1 Å². The lowest BCUT2D eigenvalue weighted by Gasteiger charge is -2.14. The Bertz CT molecular complexity index is 1240. The Hall–Kier alpha value is -3.23. The predicted octanol–water partition coefficient (Wildman–Crippen LogP) is 3.76. The Morgan fingerprint density at radius 2 is 2.09 bits per heavy atom. The lowest BCUT2D eigenvalue weighted by molar-refractivity contribution is -0.116. The van der Waals surface area contributed by atoms with Crippen molar-refractivity contribution in [3.05, 3.63) is 57.4 Å². The van der Waals surface area contributed by atoms with Crippen molar-refractivity contribution in [2.75, 3.05) is 45.0 Å². The van der Waals surface area contributed by atoms with Crippen LogP contribution < -0.4 is 25.7 Å². The molecule has 33 heavy (non-hydrogen) atoms. The number of carbonyl (C=O) groups excluding carboxylic acids is 1. The third-order valence-corrected chi connectivity index (χ3v) is 5.66. The van der Waals surface area contributed by atoms with Gasteiger partial charge in [-0.05, 0) is 62.5 Å². The van der Waals surface area contributed by atoms with Crippen LogP contribution in [0.15, 0.2) is 45.6 Å². The molecule has 0 saturated carbocycles. The van der Waals surface area contributed by atoms with Gasteiger partial charge in [0.15, 0.2) is 11.3 Å². The number of anilines is 2. The minimum atomic E-state index is -0.669. The van der Waals surface area contributed by atoms with Crippen LogP contribution in [0, 0.1) is 0 Å². The third-order valence-electron chi connectivity index (χ3n) is 5.43. The monoisotopic (exact) mass is 471 g/mol. The number of amides is 1. The van der Waals surface area contributed by atoms with Crippen LogP contribution in [0.5, 0.6) is 11.5 Å². The Morgan fingerprint density at radius 1 is 1.27 bits per heavy atom. The van der Waals surface area contributed by atoms with Gasteiger partial charge < -0.3 is 29.4 Å². The van der Waals surface area contributed by atoms with Gasteiger partial charge in [-0.25, -0.2) is 4.79 Å². The molecule has 174 valence electrons. The van der Waals surface area contributed by atoms with Crippen LogP contribution in [0.3, 0.4) is 0 Å². The van der Waals surface area contributed by atoms with E-state index in [1.54, 1.807) is 24.3 Å². The van der Waals surface area contributed by atoms with Crippen molar-refractivity contribution in [2.45, 2.75) is 18.9 Å². The van der Waals surface area contributed by atoms with Crippen molar-refractivity contribution >= 4 is 39.9 Å². The van der Waals surface area contributed by atoms with E-state index in [1.165, 1.54) is 7.11 Å². The molecule has 1 atom stereocenters. The fourth-order valence-corrected chi connectivity index (χ4v) is 4.00. The van der Waals surface area contributed by atoms with Crippen molar-refractivity contribution in [3.8, 4) is 11.5 Å². The number of halogens is 1. The second-order valence-electron chi connectivity index (χ2n) is 8.16. The molecule has 0 aliphatic carbocycles. The number of fused-ring (bicyclic) bond motifs is 2. The molecule has 8 nitrogen and oxygen atoms in total. The number of nitrogens with zero attached hydrogens (tertiary/aromatic N) is 1. The van der Waals surface area contributed by atoms with Gasteiger partial charge in [-0.1, -0.05) is 11.6 Å². The van der Waals surface area contributed by atoms with Gasteiger partial charge in [0.2, 0.25) is 11.7 Å². The molecule has 9 heteroatoms. The third kappa shape index (κ3) is 5.07. The first-order chi connectivity index (χ1) is 15.9. The fraction of sp³-hybridized carbons (Fsp3) is 0.333. The number of hydrogen-bond acceptors (Lipinski definition) is 7. The van der Waals surface area contributed by atoms with Crippen molar-refractivity contribution in [3.63, 3.8) is 0 Å². The van der Waals surface area contributed by atoms with E-state index in [2.05, 4.69) is 15.5 Å². The molecule has 1 aliphatic heterocycles. The molecule has 2 aromatic carbocycles. The first-order valence-electron chi connectivity index (χ1n) is 10.6. The molecule has 0 saturated heterocycles. The fourth-order valence-electron chi connectivity index (χ4n) is 3.81. The van der Waals surface area contributed by atoms with Crippen LogP contribution in [-0.2, 0) is 11.2 Å². The maximum atomic E-state index is 12.8. The highest BCUT2D eigenvalue weighted by Gasteiger charge is 2.27. The van der Waals surface area contributed by atoms with E-state index in [9.17, 15) is 9.59 Å². The Balaban J connectivity index is 1.51. The molecule has 0 spiro atoms. The first kappa shape index (κ1) is 22.9. The van der Waals surface area contributed by atoms with E-state index < -0.39 is 11.7 Å². The number of rotatable bonds is 8. The highest BCUT2D eigenvalue weighted by atomic mass is 35.5. The zero-order valence-electron chi connectivity index (χ0n) is 18.7. The lowest BCUT2D eigenvalue weighted by atomic mass is 10.1. The molecule has 1 aliphatic rings. The SMILES string of the molecule is COc1c(OCCCN(C)C)ccc2cc(NC(=O)C3Cc4cc(Cl)ccc4N3)c(=O)oc12. The van der Waals surface area contributed by atoms with Crippen molar-refractivity contribution < 1.29 is 18.7 Å². The van der Waals surface area contributed by atoms with Crippen molar-refractivity contribution in [2.24, 2.45) is 0 Å². The number of methoxy groups -OCH3 is 1. The first-order valence-corrected chi connectivity index (χ1v) is 11.0. The number of hydrogen-bond donors (Lipinski definition) is 2. The van der Waals surface area contributed by atoms with E-state index in [0.717, 1.165) is 24.2 Å². The molecule has 1 aromatic heterocycles. The second-order valence-corrected chi connectivity index (χ2v) is 8.60. The standard InChI is InChI=1S/C24H26ClN3O5/c1-28(2)9-4-10-32-20-8-5-14-12-19(24(30)33-21(14)22(20)31-3)27-23(29)18-13-15-11-16(25)6-7-17(15)26-18/h5-8,11-12,18,26H,4,9-10,13H2,1-3H3,(H,27,29). The summed E-state index contributed by atoms with van der Waals surface area (Å²) in [7, 11) is 5.49. The highest BCUT2D eigenvalue weighted by Crippen LogP contribution is 2.36. The van der Waals surface area contributed by atoms with Crippen LogP contribution in [0.25, 0.3) is 11.0 Å². The summed E-state index contributed by atoms with van der Waals surface area (Å²) < 4.78 is 16.8. The molecular formula is C24H26ClN3O5. The minimum Gasteiger partial charge on any atom is -0.490 e. The maximum absolute atomic E-state index is 12.8. The van der Waals surface area contributed by atoms with Gasteiger partial charge in [-0.2, -0.15) is 0 Å². The largest absolute Gasteiger partial charge is 0.490 e. The smallest absolute Gasteiger partial charge is 0.360 e. The quantitative estimate of drug-likeness (QED) is 0.381. The minimum absolute atomic E-state index is 0.0602. The van der Waals surface area contributed by atoms with Gasteiger partial charge in [-0.3, -0.25) is 4.79 Å². The van der Waals surface area contributed by atoms with Gasteiger partial charge in [0.1, 0.15) is 11.7 Å². The van der Waals surface area contributed by atoms with Gasteiger partial charge in [0.25, 0.3) is 0 Å². The number of carbonyl (C=O) groups is 1.